The van der Waals surface area contributed by atoms with E-state index in [9.17, 15) is 23.6 Å². The summed E-state index contributed by atoms with van der Waals surface area (Å²) < 4.78 is 23.4. The molecule has 0 spiro atoms. The lowest BCUT2D eigenvalue weighted by molar-refractivity contribution is -0.137. The summed E-state index contributed by atoms with van der Waals surface area (Å²) in [5, 5.41) is 9.91. The summed E-state index contributed by atoms with van der Waals surface area (Å²) >= 11 is 5.98. The third kappa shape index (κ3) is 9.35. The molecule has 13 nitrogen and oxygen atoms in total. The lowest BCUT2D eigenvalue weighted by atomic mass is 9.77. The molecule has 0 aliphatic rings. The largest absolute Gasteiger partial charge is 0.444 e. The molecule has 0 bridgehead atoms. The van der Waals surface area contributed by atoms with Crippen LogP contribution in [-0.4, -0.2) is 60.2 Å². The van der Waals surface area contributed by atoms with E-state index in [1.54, 1.807) is 45.3 Å². The first-order valence-corrected chi connectivity index (χ1v) is 20.1. The number of aromatic nitrogens is 4. The van der Waals surface area contributed by atoms with Crippen molar-refractivity contribution in [2.45, 2.75) is 51.5 Å². The van der Waals surface area contributed by atoms with E-state index in [4.69, 9.17) is 27.1 Å². The molecule has 316 valence electrons. The highest BCUT2D eigenvalue weighted by Gasteiger charge is 2.38. The van der Waals surface area contributed by atoms with E-state index in [0.29, 0.717) is 16.9 Å². The molecule has 5 aromatic carbocycles. The van der Waals surface area contributed by atoms with Crippen LogP contribution >= 0.6 is 11.6 Å². The average molecular weight is 855 g/mol. The second kappa shape index (κ2) is 18.1. The van der Waals surface area contributed by atoms with Crippen LogP contribution in [0.15, 0.2) is 140 Å². The van der Waals surface area contributed by atoms with Gasteiger partial charge in [0, 0.05) is 29.4 Å². The number of anilines is 1. The van der Waals surface area contributed by atoms with E-state index < -0.39 is 53.9 Å². The molecular weight excluding hydrogens is 811 g/mol. The lowest BCUT2D eigenvalue weighted by Crippen LogP contribution is -2.42. The van der Waals surface area contributed by atoms with E-state index in [1.165, 1.54) is 27.8 Å². The number of halogens is 2. The van der Waals surface area contributed by atoms with E-state index in [1.807, 2.05) is 102 Å². The van der Waals surface area contributed by atoms with E-state index in [2.05, 4.69) is 15.7 Å². The van der Waals surface area contributed by atoms with Crippen LogP contribution in [0.5, 0.6) is 0 Å². The zero-order valence-corrected chi connectivity index (χ0v) is 35.0. The topological polar surface area (TPSA) is 166 Å². The van der Waals surface area contributed by atoms with Gasteiger partial charge in [0.1, 0.15) is 23.5 Å². The number of hydrogen-bond donors (Lipinski definition) is 3. The number of carbonyl (C=O) groups excluding carboxylic acids is 4. The van der Waals surface area contributed by atoms with Crippen molar-refractivity contribution < 1.29 is 28.3 Å². The maximum atomic E-state index is 14.8. The average Bonchev–Trinajstić information content (AvgIpc) is 3.86. The van der Waals surface area contributed by atoms with Crippen molar-refractivity contribution in [3.63, 3.8) is 0 Å². The number of nitrogens with two attached hydrogens (primary N) is 1. The summed E-state index contributed by atoms with van der Waals surface area (Å²) in [6.45, 7) is 4.03. The minimum Gasteiger partial charge on any atom is -0.444 e. The number of hydrogen-bond acceptors (Lipinski definition) is 7. The summed E-state index contributed by atoms with van der Waals surface area (Å²) in [4.78, 5) is 59.3. The van der Waals surface area contributed by atoms with Crippen LogP contribution in [0, 0.1) is 5.82 Å². The Hall–Kier alpha value is -7.32. The molecule has 0 radical (unpaired) electrons. The number of fused-ring (bicyclic) bond motifs is 1. The molecule has 2 heterocycles. The summed E-state index contributed by atoms with van der Waals surface area (Å²) in [6, 6.07) is 39.2. The normalized spacial score (nSPS) is 11.6. The van der Waals surface area contributed by atoms with Crippen LogP contribution in [0.2, 0.25) is 5.02 Å². The van der Waals surface area contributed by atoms with Crippen LogP contribution in [0.1, 0.15) is 59.2 Å². The van der Waals surface area contributed by atoms with Gasteiger partial charge in [0.2, 0.25) is 11.8 Å². The van der Waals surface area contributed by atoms with Crippen molar-refractivity contribution in [1.82, 2.24) is 29.5 Å². The minimum absolute atomic E-state index is 0.0868. The van der Waals surface area contributed by atoms with E-state index >= 15 is 0 Å². The third-order valence-electron chi connectivity index (χ3n) is 10.1. The number of rotatable bonds is 14. The number of primary amides is 1. The fraction of sp³-hybridized carbons (Fsp3) is 0.191. The predicted molar refractivity (Wildman–Crippen MR) is 234 cm³/mol. The van der Waals surface area contributed by atoms with E-state index in [-0.39, 0.29) is 34.8 Å². The first-order chi connectivity index (χ1) is 29.7. The minimum atomic E-state index is -0.890. The van der Waals surface area contributed by atoms with Gasteiger partial charge in [0.15, 0.2) is 5.69 Å². The fourth-order valence-corrected chi connectivity index (χ4v) is 7.55. The molecule has 0 unspecified atom stereocenters. The van der Waals surface area contributed by atoms with Gasteiger partial charge in [0.25, 0.3) is 5.91 Å². The van der Waals surface area contributed by atoms with Gasteiger partial charge < -0.3 is 25.3 Å². The Balaban J connectivity index is 1.23. The van der Waals surface area contributed by atoms with E-state index in [0.717, 1.165) is 16.7 Å². The number of amides is 4. The van der Waals surface area contributed by atoms with Gasteiger partial charge in [-0.2, -0.15) is 5.10 Å². The van der Waals surface area contributed by atoms with Crippen molar-refractivity contribution in [3.8, 4) is 0 Å². The first kappa shape index (κ1) is 42.8. The molecule has 0 fully saturated rings. The molecule has 0 saturated carbocycles. The predicted octanol–water partition coefficient (Wildman–Crippen LogP) is 7.66. The zero-order chi connectivity index (χ0) is 44.0. The zero-order valence-electron chi connectivity index (χ0n) is 34.2. The molecule has 7 aromatic rings. The van der Waals surface area contributed by atoms with Gasteiger partial charge in [-0.15, -0.1) is 0 Å². The number of imidazole rings is 1. The van der Waals surface area contributed by atoms with Gasteiger partial charge in [0.05, 0.1) is 35.7 Å². The molecule has 4 N–H and O–H groups in total. The van der Waals surface area contributed by atoms with Crippen LogP contribution in [0.4, 0.5) is 14.9 Å². The molecule has 0 aliphatic heterocycles. The highest BCUT2D eigenvalue weighted by atomic mass is 35.5. The maximum Gasteiger partial charge on any atom is 0.412 e. The second-order valence-electron chi connectivity index (χ2n) is 15.5. The number of nitrogens with zero attached hydrogens (tertiary/aromatic N) is 5. The Morgan fingerprint density at radius 2 is 1.45 bits per heavy atom. The second-order valence-corrected chi connectivity index (χ2v) is 16.0. The van der Waals surface area contributed by atoms with Crippen LogP contribution in [0.25, 0.3) is 10.9 Å². The Morgan fingerprint density at radius 1 is 0.839 bits per heavy atom. The highest BCUT2D eigenvalue weighted by molar-refractivity contribution is 6.30. The number of carbonyl (C=O) groups is 4. The van der Waals surface area contributed by atoms with Crippen molar-refractivity contribution >= 4 is 52.0 Å². The molecule has 0 atom stereocenters. The molecule has 4 amide bonds. The number of ether oxygens (including phenoxy) is 1. The first-order valence-electron chi connectivity index (χ1n) is 19.7. The van der Waals surface area contributed by atoms with Crippen LogP contribution < -0.4 is 16.4 Å². The molecular formula is C47H44ClFN8O5. The van der Waals surface area contributed by atoms with Crippen LogP contribution in [-0.2, 0) is 39.5 Å². The summed E-state index contributed by atoms with van der Waals surface area (Å²) in [5.74, 6) is -2.65. The monoisotopic (exact) mass is 854 g/mol. The van der Waals surface area contributed by atoms with Crippen molar-refractivity contribution in [1.29, 1.82) is 0 Å². The smallest absolute Gasteiger partial charge is 0.412 e. The van der Waals surface area contributed by atoms with Gasteiger partial charge in [-0.05, 0) is 61.7 Å². The molecule has 0 aliphatic carbocycles. The van der Waals surface area contributed by atoms with Crippen molar-refractivity contribution in [2.75, 3.05) is 11.9 Å². The molecule has 62 heavy (non-hydrogen) atoms. The summed E-state index contributed by atoms with van der Waals surface area (Å²) in [5.41, 5.74) is 8.14. The van der Waals surface area contributed by atoms with Gasteiger partial charge in [-0.1, -0.05) is 115 Å². The van der Waals surface area contributed by atoms with Crippen LogP contribution in [0.3, 0.4) is 0 Å². The van der Waals surface area contributed by atoms with Crippen molar-refractivity contribution in [3.05, 3.63) is 184 Å². The Bertz CT molecular complexity index is 2640. The van der Waals surface area contributed by atoms with Gasteiger partial charge in [-0.3, -0.25) is 24.4 Å². The SMILES string of the molecule is CC(C)(C)OC(=O)Nc1ccc2c(c1)c(C(N)=O)nn2CC(=O)N(CC(=O)NCc1cccc(Cl)c1F)Cc1cn(C(c2ccccc2)(c2ccccc2)c2ccccc2)cn1. The van der Waals surface area contributed by atoms with Crippen molar-refractivity contribution in [2.24, 2.45) is 5.73 Å². The highest BCUT2D eigenvalue weighted by Crippen LogP contribution is 2.41. The fourth-order valence-electron chi connectivity index (χ4n) is 7.36. The Morgan fingerprint density at radius 3 is 2.03 bits per heavy atom. The quantitative estimate of drug-likeness (QED) is 0.0945. The Labute approximate surface area is 362 Å². The summed E-state index contributed by atoms with van der Waals surface area (Å²) in [6.07, 6.45) is 2.85. The van der Waals surface area contributed by atoms with Gasteiger partial charge >= 0.3 is 6.09 Å². The maximum absolute atomic E-state index is 14.8. The molecule has 15 heteroatoms. The number of benzene rings is 5. The molecule has 2 aromatic heterocycles. The molecule has 0 saturated heterocycles. The summed E-state index contributed by atoms with van der Waals surface area (Å²) in [7, 11) is 0. The Kier molecular flexibility index (Phi) is 12.5. The third-order valence-corrected chi connectivity index (χ3v) is 10.4. The lowest BCUT2D eigenvalue weighted by Gasteiger charge is -2.37. The van der Waals surface area contributed by atoms with Gasteiger partial charge in [-0.25, -0.2) is 14.2 Å². The number of nitrogens with one attached hydrogen (secondary N) is 2. The standard InChI is InChI=1S/C47H44ClFN8O5/c1-46(2,3)62-45(61)53-35-22-23-39-37(24-35)43(44(50)60)54-57(39)29-41(59)55(28-40(58)51-25-31-14-13-21-38(48)42(31)49)26-36-27-56(30-52-36)47(32-15-7-4-8-16-32,33-17-9-5-10-18-33)34-19-11-6-12-20-34/h4-24,27,30H,25-26,28-29H2,1-3H3,(H2,50,60)(H,51,58)(H,53,61). The molecule has 7 rings (SSSR count).